The molecule has 0 aliphatic heterocycles. The lowest BCUT2D eigenvalue weighted by molar-refractivity contribution is -0.114. The standard InChI is InChI=1S/C7H10N2O2/c1-3-11-5(2)6(4-8)7(9)10/h3H2,1-2H3,(H2,9,10). The van der Waals surface area contributed by atoms with Crippen molar-refractivity contribution in [2.45, 2.75) is 13.8 Å². The zero-order valence-electron chi connectivity index (χ0n) is 6.55. The van der Waals surface area contributed by atoms with Gasteiger partial charge >= 0.3 is 0 Å². The molecule has 0 bridgehead atoms. The second-order valence-corrected chi connectivity index (χ2v) is 1.84. The van der Waals surface area contributed by atoms with E-state index < -0.39 is 5.91 Å². The summed E-state index contributed by atoms with van der Waals surface area (Å²) in [5.41, 5.74) is 4.76. The molecular weight excluding hydrogens is 144 g/mol. The smallest absolute Gasteiger partial charge is 0.262 e. The molecule has 0 aromatic heterocycles. The summed E-state index contributed by atoms with van der Waals surface area (Å²) in [4.78, 5) is 10.5. The molecule has 0 radical (unpaired) electrons. The van der Waals surface area contributed by atoms with Gasteiger partial charge < -0.3 is 10.5 Å². The zero-order valence-corrected chi connectivity index (χ0v) is 6.55. The van der Waals surface area contributed by atoms with Crippen LogP contribution in [-0.4, -0.2) is 12.5 Å². The first kappa shape index (κ1) is 9.50. The van der Waals surface area contributed by atoms with Gasteiger partial charge in [-0.3, -0.25) is 4.79 Å². The highest BCUT2D eigenvalue weighted by Crippen LogP contribution is 2.03. The Hall–Kier alpha value is -1.50. The minimum atomic E-state index is -0.751. The van der Waals surface area contributed by atoms with E-state index in [2.05, 4.69) is 0 Å². The number of ether oxygens (including phenoxy) is 1. The lowest BCUT2D eigenvalue weighted by atomic mass is 10.2. The summed E-state index contributed by atoms with van der Waals surface area (Å²) in [5.74, 6) is -0.471. The van der Waals surface area contributed by atoms with Crippen molar-refractivity contribution in [3.05, 3.63) is 11.3 Å². The van der Waals surface area contributed by atoms with Crippen molar-refractivity contribution in [2.24, 2.45) is 5.73 Å². The molecule has 0 fully saturated rings. The Labute approximate surface area is 65.2 Å². The highest BCUT2D eigenvalue weighted by atomic mass is 16.5. The number of nitrogens with two attached hydrogens (primary N) is 1. The normalized spacial score (nSPS) is 11.4. The van der Waals surface area contributed by atoms with Gasteiger partial charge in [0.2, 0.25) is 0 Å². The van der Waals surface area contributed by atoms with E-state index in [4.69, 9.17) is 15.7 Å². The number of allylic oxidation sites excluding steroid dienone is 1. The van der Waals surface area contributed by atoms with Crippen molar-refractivity contribution in [3.8, 4) is 6.07 Å². The molecule has 0 unspecified atom stereocenters. The second-order valence-electron chi connectivity index (χ2n) is 1.84. The van der Waals surface area contributed by atoms with Gasteiger partial charge in [-0.2, -0.15) is 5.26 Å². The summed E-state index contributed by atoms with van der Waals surface area (Å²) >= 11 is 0. The minimum Gasteiger partial charge on any atom is -0.497 e. The highest BCUT2D eigenvalue weighted by Gasteiger charge is 2.08. The van der Waals surface area contributed by atoms with Crippen LogP contribution in [0.1, 0.15) is 13.8 Å². The van der Waals surface area contributed by atoms with Crippen LogP contribution < -0.4 is 5.73 Å². The lowest BCUT2D eigenvalue weighted by Crippen LogP contribution is -2.15. The Morgan fingerprint density at radius 1 is 1.73 bits per heavy atom. The number of rotatable bonds is 3. The van der Waals surface area contributed by atoms with Gasteiger partial charge in [0, 0.05) is 0 Å². The number of nitriles is 1. The van der Waals surface area contributed by atoms with E-state index in [9.17, 15) is 4.79 Å². The van der Waals surface area contributed by atoms with E-state index in [0.29, 0.717) is 6.61 Å². The second kappa shape index (κ2) is 4.34. The first-order valence-corrected chi connectivity index (χ1v) is 3.17. The van der Waals surface area contributed by atoms with Crippen LogP contribution in [0.15, 0.2) is 11.3 Å². The summed E-state index contributed by atoms with van der Waals surface area (Å²) in [5, 5.41) is 8.40. The third-order valence-electron chi connectivity index (χ3n) is 1.07. The Morgan fingerprint density at radius 2 is 2.27 bits per heavy atom. The summed E-state index contributed by atoms with van der Waals surface area (Å²) in [6, 6.07) is 1.67. The largest absolute Gasteiger partial charge is 0.497 e. The van der Waals surface area contributed by atoms with Crippen LogP contribution in [0.5, 0.6) is 0 Å². The first-order chi connectivity index (χ1) is 5.13. The maximum Gasteiger partial charge on any atom is 0.262 e. The molecule has 1 amide bonds. The molecule has 4 nitrogen and oxygen atoms in total. The fourth-order valence-electron chi connectivity index (χ4n) is 0.596. The summed E-state index contributed by atoms with van der Waals surface area (Å²) in [6.45, 7) is 3.72. The molecule has 11 heavy (non-hydrogen) atoms. The van der Waals surface area contributed by atoms with E-state index in [1.165, 1.54) is 6.92 Å². The third-order valence-corrected chi connectivity index (χ3v) is 1.07. The van der Waals surface area contributed by atoms with Crippen molar-refractivity contribution >= 4 is 5.91 Å². The molecule has 0 saturated carbocycles. The molecule has 4 heteroatoms. The maximum absolute atomic E-state index is 10.5. The van der Waals surface area contributed by atoms with Crippen molar-refractivity contribution < 1.29 is 9.53 Å². The number of hydrogen-bond donors (Lipinski definition) is 1. The Kier molecular flexibility index (Phi) is 3.75. The summed E-state index contributed by atoms with van der Waals surface area (Å²) < 4.78 is 4.91. The van der Waals surface area contributed by atoms with Gasteiger partial charge in [-0.05, 0) is 13.8 Å². The molecular formula is C7H10N2O2. The number of hydrogen-bond acceptors (Lipinski definition) is 3. The molecule has 0 aliphatic rings. The van der Waals surface area contributed by atoms with Crippen molar-refractivity contribution in [1.82, 2.24) is 0 Å². The zero-order chi connectivity index (χ0) is 8.85. The molecule has 2 N–H and O–H groups in total. The summed E-state index contributed by atoms with van der Waals surface area (Å²) in [7, 11) is 0. The Balaban J connectivity index is 4.58. The van der Waals surface area contributed by atoms with E-state index in [-0.39, 0.29) is 11.3 Å². The van der Waals surface area contributed by atoms with Crippen LogP contribution in [0.25, 0.3) is 0 Å². The molecule has 0 saturated heterocycles. The number of amides is 1. The predicted molar refractivity (Wildman–Crippen MR) is 39.1 cm³/mol. The monoisotopic (exact) mass is 154 g/mol. The van der Waals surface area contributed by atoms with E-state index >= 15 is 0 Å². The fourth-order valence-corrected chi connectivity index (χ4v) is 0.596. The van der Waals surface area contributed by atoms with Crippen molar-refractivity contribution in [1.29, 1.82) is 5.26 Å². The Bertz CT molecular complexity index is 225. The van der Waals surface area contributed by atoms with Gasteiger partial charge in [0.15, 0.2) is 5.57 Å². The van der Waals surface area contributed by atoms with Crippen LogP contribution in [0.3, 0.4) is 0 Å². The van der Waals surface area contributed by atoms with Crippen LogP contribution in [0.4, 0.5) is 0 Å². The van der Waals surface area contributed by atoms with E-state index in [0.717, 1.165) is 0 Å². The fraction of sp³-hybridized carbons (Fsp3) is 0.429. The molecule has 0 aliphatic carbocycles. The topological polar surface area (TPSA) is 76.1 Å². The van der Waals surface area contributed by atoms with Crippen LogP contribution in [0.2, 0.25) is 0 Å². The van der Waals surface area contributed by atoms with Crippen LogP contribution >= 0.6 is 0 Å². The van der Waals surface area contributed by atoms with Crippen molar-refractivity contribution in [3.63, 3.8) is 0 Å². The van der Waals surface area contributed by atoms with Crippen molar-refractivity contribution in [2.75, 3.05) is 6.61 Å². The SMILES string of the molecule is CCOC(C)=C(C#N)C(N)=O. The number of nitrogens with zero attached hydrogens (tertiary/aromatic N) is 1. The molecule has 0 rings (SSSR count). The molecule has 0 spiro atoms. The van der Waals surface area contributed by atoms with E-state index in [1.807, 2.05) is 0 Å². The van der Waals surface area contributed by atoms with E-state index in [1.54, 1.807) is 13.0 Å². The molecule has 0 atom stereocenters. The van der Waals surface area contributed by atoms with Gasteiger partial charge in [0.1, 0.15) is 11.8 Å². The summed E-state index contributed by atoms with van der Waals surface area (Å²) in [6.07, 6.45) is 0. The average Bonchev–Trinajstić information content (AvgIpc) is 1.88. The number of primary amides is 1. The minimum absolute atomic E-state index is 0.119. The third kappa shape index (κ3) is 2.72. The molecule has 0 aromatic carbocycles. The van der Waals surface area contributed by atoms with Gasteiger partial charge in [0.25, 0.3) is 5.91 Å². The molecule has 0 heterocycles. The van der Waals surface area contributed by atoms with Gasteiger partial charge in [-0.15, -0.1) is 0 Å². The first-order valence-electron chi connectivity index (χ1n) is 3.17. The average molecular weight is 154 g/mol. The van der Waals surface area contributed by atoms with Crippen LogP contribution in [-0.2, 0) is 9.53 Å². The quantitative estimate of drug-likeness (QED) is 0.361. The van der Waals surface area contributed by atoms with Gasteiger partial charge in [0.05, 0.1) is 6.61 Å². The Morgan fingerprint density at radius 3 is 2.55 bits per heavy atom. The highest BCUT2D eigenvalue weighted by molar-refractivity contribution is 5.96. The maximum atomic E-state index is 10.5. The number of carbonyl (C=O) groups excluding carboxylic acids is 1. The van der Waals surface area contributed by atoms with Gasteiger partial charge in [-0.25, -0.2) is 0 Å². The number of carbonyl (C=O) groups is 1. The predicted octanol–water partition coefficient (Wildman–Crippen LogP) is 0.306. The lowest BCUT2D eigenvalue weighted by Gasteiger charge is -2.02. The molecule has 60 valence electrons. The molecule has 0 aromatic rings. The van der Waals surface area contributed by atoms with Crippen LogP contribution in [0, 0.1) is 11.3 Å². The van der Waals surface area contributed by atoms with Gasteiger partial charge in [-0.1, -0.05) is 0 Å².